The average Bonchev–Trinajstić information content (AvgIpc) is 3.06. The van der Waals surface area contributed by atoms with Crippen LogP contribution in [0.15, 0.2) is 47.0 Å². The van der Waals surface area contributed by atoms with Gasteiger partial charge in [-0.15, -0.1) is 0 Å². The number of hydrogen-bond acceptors (Lipinski definition) is 4. The van der Waals surface area contributed by atoms with Crippen molar-refractivity contribution in [2.45, 2.75) is 6.54 Å². The van der Waals surface area contributed by atoms with E-state index in [-0.39, 0.29) is 11.4 Å². The van der Waals surface area contributed by atoms with Gasteiger partial charge < -0.3 is 14.1 Å². The summed E-state index contributed by atoms with van der Waals surface area (Å²) < 4.78 is 6.96. The summed E-state index contributed by atoms with van der Waals surface area (Å²) >= 11 is 0. The van der Waals surface area contributed by atoms with Crippen LogP contribution in [-0.4, -0.2) is 20.6 Å². The fourth-order valence-electron chi connectivity index (χ4n) is 2.17. The molecule has 0 saturated carbocycles. The van der Waals surface area contributed by atoms with Gasteiger partial charge in [-0.1, -0.05) is 0 Å². The zero-order valence-corrected chi connectivity index (χ0v) is 10.7. The zero-order valence-electron chi connectivity index (χ0n) is 10.7. The van der Waals surface area contributed by atoms with E-state index >= 15 is 0 Å². The molecule has 21 heavy (non-hydrogen) atoms. The number of nitrogens with zero attached hydrogens (tertiary/aromatic N) is 2. The number of non-ortho nitro benzene ring substituents is 1. The monoisotopic (exact) mass is 286 g/mol. The first-order valence-corrected chi connectivity index (χ1v) is 6.10. The molecule has 0 aliphatic carbocycles. The van der Waals surface area contributed by atoms with E-state index in [1.165, 1.54) is 18.2 Å². The van der Waals surface area contributed by atoms with E-state index in [1.807, 2.05) is 6.07 Å². The highest BCUT2D eigenvalue weighted by Crippen LogP contribution is 2.23. The van der Waals surface area contributed by atoms with Crippen LogP contribution in [0, 0.1) is 10.1 Å². The van der Waals surface area contributed by atoms with E-state index in [2.05, 4.69) is 0 Å². The number of nitro benzene ring substituents is 1. The number of carboxylic acids is 1. The van der Waals surface area contributed by atoms with Crippen molar-refractivity contribution >= 4 is 22.6 Å². The summed E-state index contributed by atoms with van der Waals surface area (Å²) in [6, 6.07) is 9.39. The van der Waals surface area contributed by atoms with E-state index in [4.69, 9.17) is 9.52 Å². The van der Waals surface area contributed by atoms with Crippen LogP contribution in [-0.2, 0) is 6.54 Å². The van der Waals surface area contributed by atoms with Crippen LogP contribution in [0.2, 0.25) is 0 Å². The number of furan rings is 1. The normalized spacial score (nSPS) is 10.9. The van der Waals surface area contributed by atoms with Gasteiger partial charge in [-0.25, -0.2) is 4.79 Å². The molecular weight excluding hydrogens is 276 g/mol. The van der Waals surface area contributed by atoms with E-state index in [0.717, 1.165) is 5.39 Å². The van der Waals surface area contributed by atoms with Gasteiger partial charge in [-0.3, -0.25) is 10.1 Å². The number of carbonyl (C=O) groups is 1. The number of nitro groups is 1. The maximum Gasteiger partial charge on any atom is 0.371 e. The first-order valence-electron chi connectivity index (χ1n) is 6.10. The van der Waals surface area contributed by atoms with Gasteiger partial charge in [-0.05, 0) is 24.3 Å². The molecule has 2 heterocycles. The lowest BCUT2D eigenvalue weighted by Crippen LogP contribution is -1.98. The first kappa shape index (κ1) is 12.9. The Morgan fingerprint density at radius 2 is 2.10 bits per heavy atom. The molecule has 0 spiro atoms. The number of aromatic carboxylic acids is 1. The topological polar surface area (TPSA) is 98.5 Å². The summed E-state index contributed by atoms with van der Waals surface area (Å²) in [7, 11) is 0. The fraction of sp³-hybridized carbons (Fsp3) is 0.0714. The van der Waals surface area contributed by atoms with Crippen molar-refractivity contribution in [3.8, 4) is 0 Å². The van der Waals surface area contributed by atoms with Crippen molar-refractivity contribution < 1.29 is 19.2 Å². The number of rotatable bonds is 4. The molecule has 7 heteroatoms. The summed E-state index contributed by atoms with van der Waals surface area (Å²) in [5, 5.41) is 20.5. The molecule has 2 aromatic heterocycles. The highest BCUT2D eigenvalue weighted by molar-refractivity contribution is 5.84. The van der Waals surface area contributed by atoms with Gasteiger partial charge in [0.15, 0.2) is 0 Å². The number of aromatic nitrogens is 1. The first-order chi connectivity index (χ1) is 10.0. The lowest BCUT2D eigenvalue weighted by Gasteiger charge is -2.02. The Balaban J connectivity index is 1.97. The standard InChI is InChI=1S/C14H10N2O5/c17-14(18)13-4-3-11(21-13)8-15-6-5-9-1-2-10(16(19)20)7-12(9)15/h1-7H,8H2,(H,17,18). The van der Waals surface area contributed by atoms with Crippen LogP contribution in [0.3, 0.4) is 0 Å². The summed E-state index contributed by atoms with van der Waals surface area (Å²) in [5.41, 5.74) is 0.700. The Hall–Kier alpha value is -3.09. The fourth-order valence-corrected chi connectivity index (χ4v) is 2.17. The SMILES string of the molecule is O=C(O)c1ccc(Cn2ccc3ccc([N+](=O)[O-])cc32)o1. The van der Waals surface area contributed by atoms with Gasteiger partial charge in [0.2, 0.25) is 5.76 Å². The highest BCUT2D eigenvalue weighted by Gasteiger charge is 2.12. The van der Waals surface area contributed by atoms with Gasteiger partial charge >= 0.3 is 5.97 Å². The molecule has 3 rings (SSSR count). The molecule has 0 fully saturated rings. The Morgan fingerprint density at radius 1 is 1.29 bits per heavy atom. The molecule has 1 N–H and O–H groups in total. The van der Waals surface area contributed by atoms with Crippen molar-refractivity contribution in [2.75, 3.05) is 0 Å². The van der Waals surface area contributed by atoms with Crippen molar-refractivity contribution in [2.24, 2.45) is 0 Å². The Morgan fingerprint density at radius 3 is 2.76 bits per heavy atom. The highest BCUT2D eigenvalue weighted by atomic mass is 16.6. The molecule has 0 radical (unpaired) electrons. The molecule has 106 valence electrons. The summed E-state index contributed by atoms with van der Waals surface area (Å²) in [6.45, 7) is 0.304. The lowest BCUT2D eigenvalue weighted by molar-refractivity contribution is -0.384. The van der Waals surface area contributed by atoms with Crippen LogP contribution < -0.4 is 0 Å². The van der Waals surface area contributed by atoms with Crippen LogP contribution in [0.5, 0.6) is 0 Å². The Bertz CT molecular complexity index is 846. The maximum atomic E-state index is 10.8. The van der Waals surface area contributed by atoms with Gasteiger partial charge in [-0.2, -0.15) is 0 Å². The Kier molecular flexibility index (Phi) is 2.94. The molecule has 1 aromatic carbocycles. The minimum atomic E-state index is -1.13. The molecule has 0 amide bonds. The number of carboxylic acid groups (broad SMARTS) is 1. The van der Waals surface area contributed by atoms with Crippen molar-refractivity contribution in [1.29, 1.82) is 0 Å². The molecule has 0 bridgehead atoms. The van der Waals surface area contributed by atoms with Crippen molar-refractivity contribution in [3.63, 3.8) is 0 Å². The smallest absolute Gasteiger partial charge is 0.371 e. The summed E-state index contributed by atoms with van der Waals surface area (Å²) in [5.74, 6) is -0.793. The molecule has 7 nitrogen and oxygen atoms in total. The van der Waals surface area contributed by atoms with E-state index in [1.54, 1.807) is 22.9 Å². The van der Waals surface area contributed by atoms with Gasteiger partial charge in [0.25, 0.3) is 5.69 Å². The predicted octanol–water partition coefficient (Wildman–Crippen LogP) is 2.89. The minimum Gasteiger partial charge on any atom is -0.475 e. The molecule has 0 unspecified atom stereocenters. The number of fused-ring (bicyclic) bond motifs is 1. The number of benzene rings is 1. The molecular formula is C14H10N2O5. The second-order valence-corrected chi connectivity index (χ2v) is 4.51. The van der Waals surface area contributed by atoms with E-state index in [0.29, 0.717) is 17.8 Å². The second kappa shape index (κ2) is 4.78. The van der Waals surface area contributed by atoms with Gasteiger partial charge in [0.1, 0.15) is 5.76 Å². The minimum absolute atomic E-state index is 0.00752. The zero-order chi connectivity index (χ0) is 15.0. The van der Waals surface area contributed by atoms with Gasteiger partial charge in [0.05, 0.1) is 17.0 Å². The van der Waals surface area contributed by atoms with Gasteiger partial charge in [0, 0.05) is 23.7 Å². The van der Waals surface area contributed by atoms with Crippen LogP contribution in [0.4, 0.5) is 5.69 Å². The molecule has 3 aromatic rings. The van der Waals surface area contributed by atoms with E-state index in [9.17, 15) is 14.9 Å². The third-order valence-corrected chi connectivity index (χ3v) is 3.17. The third-order valence-electron chi connectivity index (χ3n) is 3.17. The predicted molar refractivity (Wildman–Crippen MR) is 73.4 cm³/mol. The molecule has 0 saturated heterocycles. The third kappa shape index (κ3) is 2.36. The molecule has 0 aliphatic heterocycles. The van der Waals surface area contributed by atoms with Crippen molar-refractivity contribution in [3.05, 3.63) is 64.2 Å². The molecule has 0 atom stereocenters. The quantitative estimate of drug-likeness (QED) is 0.587. The van der Waals surface area contributed by atoms with Crippen LogP contribution in [0.1, 0.15) is 16.3 Å². The largest absolute Gasteiger partial charge is 0.475 e. The van der Waals surface area contributed by atoms with Crippen LogP contribution in [0.25, 0.3) is 10.9 Å². The van der Waals surface area contributed by atoms with E-state index < -0.39 is 10.9 Å². The molecule has 0 aliphatic rings. The van der Waals surface area contributed by atoms with Crippen LogP contribution >= 0.6 is 0 Å². The van der Waals surface area contributed by atoms with Crippen molar-refractivity contribution in [1.82, 2.24) is 4.57 Å². The summed E-state index contributed by atoms with van der Waals surface area (Å²) in [6.07, 6.45) is 1.78. The Labute approximate surface area is 118 Å². The maximum absolute atomic E-state index is 10.8. The second-order valence-electron chi connectivity index (χ2n) is 4.51. The average molecular weight is 286 g/mol. The summed E-state index contributed by atoms with van der Waals surface area (Å²) in [4.78, 5) is 21.1. The lowest BCUT2D eigenvalue weighted by atomic mass is 10.2. The number of hydrogen-bond donors (Lipinski definition) is 1.